The Hall–Kier alpha value is -1.03. The van der Waals surface area contributed by atoms with Crippen LogP contribution in [0.15, 0.2) is 6.20 Å². The largest absolute Gasteiger partial charge is 0.493 e. The van der Waals surface area contributed by atoms with Gasteiger partial charge < -0.3 is 10.1 Å². The van der Waals surface area contributed by atoms with E-state index in [9.17, 15) is 0 Å². The normalized spacial score (nSPS) is 28.3. The highest BCUT2D eigenvalue weighted by atomic mass is 16.5. The fraction of sp³-hybridized carbons (Fsp3) is 0.786. The van der Waals surface area contributed by atoms with E-state index in [1.54, 1.807) is 7.11 Å². The number of methoxy groups -OCH3 is 1. The number of aryl methyl sites for hydroxylation is 1. The number of nitrogens with zero attached hydrogens (tertiary/aromatic N) is 2. The molecule has 4 nitrogen and oxygen atoms in total. The molecule has 0 amide bonds. The number of nitrogens with one attached hydrogen (secondary N) is 1. The summed E-state index contributed by atoms with van der Waals surface area (Å²) < 4.78 is 7.47. The van der Waals surface area contributed by atoms with Gasteiger partial charge in [-0.1, -0.05) is 13.3 Å². The highest BCUT2D eigenvalue weighted by molar-refractivity contribution is 5.29. The number of ether oxygens (including phenoxy) is 1. The Morgan fingerprint density at radius 1 is 1.50 bits per heavy atom. The Kier molecular flexibility index (Phi) is 4.27. The third kappa shape index (κ3) is 2.53. The van der Waals surface area contributed by atoms with E-state index < -0.39 is 0 Å². The van der Waals surface area contributed by atoms with Gasteiger partial charge >= 0.3 is 0 Å². The minimum Gasteiger partial charge on any atom is -0.493 e. The van der Waals surface area contributed by atoms with Crippen molar-refractivity contribution in [3.05, 3.63) is 11.9 Å². The van der Waals surface area contributed by atoms with Gasteiger partial charge in [-0.05, 0) is 38.3 Å². The average Bonchev–Trinajstić information content (AvgIpc) is 2.73. The summed E-state index contributed by atoms with van der Waals surface area (Å²) in [5.74, 6) is 2.99. The predicted octanol–water partition coefficient (Wildman–Crippen LogP) is 2.17. The fourth-order valence-corrected chi connectivity index (χ4v) is 3.29. The fourth-order valence-electron chi connectivity index (χ4n) is 3.29. The molecule has 3 atom stereocenters. The first-order valence-electron chi connectivity index (χ1n) is 6.87. The minimum absolute atomic E-state index is 0.559. The molecule has 1 aliphatic carbocycles. The average molecular weight is 251 g/mol. The summed E-state index contributed by atoms with van der Waals surface area (Å²) in [5.41, 5.74) is 1.27. The maximum absolute atomic E-state index is 5.48. The molecule has 1 heterocycles. The van der Waals surface area contributed by atoms with E-state index in [0.29, 0.717) is 11.8 Å². The van der Waals surface area contributed by atoms with Crippen molar-refractivity contribution in [2.24, 2.45) is 18.9 Å². The molecule has 1 aromatic heterocycles. The maximum atomic E-state index is 5.48. The molecule has 1 N–H and O–H groups in total. The summed E-state index contributed by atoms with van der Waals surface area (Å²) in [5, 5.41) is 7.68. The predicted molar refractivity (Wildman–Crippen MR) is 72.9 cm³/mol. The number of rotatable bonds is 4. The van der Waals surface area contributed by atoms with Gasteiger partial charge in [-0.15, -0.1) is 0 Å². The van der Waals surface area contributed by atoms with Crippen molar-refractivity contribution in [3.8, 4) is 5.75 Å². The van der Waals surface area contributed by atoms with Crippen molar-refractivity contribution < 1.29 is 4.74 Å². The smallest absolute Gasteiger partial charge is 0.160 e. The number of hydrogen-bond donors (Lipinski definition) is 1. The van der Waals surface area contributed by atoms with Crippen LogP contribution in [0.1, 0.15) is 37.8 Å². The molecule has 0 spiro atoms. The minimum atomic E-state index is 0.559. The molecule has 4 heteroatoms. The van der Waals surface area contributed by atoms with E-state index in [0.717, 1.165) is 18.2 Å². The molecule has 1 saturated carbocycles. The van der Waals surface area contributed by atoms with Gasteiger partial charge in [0.2, 0.25) is 0 Å². The monoisotopic (exact) mass is 251 g/mol. The SMILES string of the molecule is CNCC1CCC(C)CC1c1c(OC)cnn1C. The van der Waals surface area contributed by atoms with E-state index in [1.165, 1.54) is 25.0 Å². The van der Waals surface area contributed by atoms with Crippen LogP contribution in [0.3, 0.4) is 0 Å². The van der Waals surface area contributed by atoms with E-state index in [4.69, 9.17) is 4.74 Å². The van der Waals surface area contributed by atoms with Crippen LogP contribution in [0, 0.1) is 11.8 Å². The lowest BCUT2D eigenvalue weighted by molar-refractivity contribution is 0.233. The molecule has 1 fully saturated rings. The Morgan fingerprint density at radius 2 is 2.28 bits per heavy atom. The Morgan fingerprint density at radius 3 is 2.94 bits per heavy atom. The zero-order chi connectivity index (χ0) is 13.1. The molecule has 3 unspecified atom stereocenters. The summed E-state index contributed by atoms with van der Waals surface area (Å²) in [4.78, 5) is 0. The number of hydrogen-bond acceptors (Lipinski definition) is 3. The van der Waals surface area contributed by atoms with E-state index in [1.807, 2.05) is 25.0 Å². The van der Waals surface area contributed by atoms with Crippen LogP contribution in [-0.2, 0) is 7.05 Å². The van der Waals surface area contributed by atoms with Gasteiger partial charge in [0.25, 0.3) is 0 Å². The van der Waals surface area contributed by atoms with E-state index >= 15 is 0 Å². The van der Waals surface area contributed by atoms with Crippen LogP contribution in [0.5, 0.6) is 5.75 Å². The van der Waals surface area contributed by atoms with Crippen molar-refractivity contribution >= 4 is 0 Å². The van der Waals surface area contributed by atoms with Crippen molar-refractivity contribution in [1.82, 2.24) is 15.1 Å². The zero-order valence-corrected chi connectivity index (χ0v) is 11.9. The molecule has 0 bridgehead atoms. The van der Waals surface area contributed by atoms with Crippen molar-refractivity contribution in [2.75, 3.05) is 20.7 Å². The molecule has 2 rings (SSSR count). The van der Waals surface area contributed by atoms with Crippen LogP contribution in [0.25, 0.3) is 0 Å². The second-order valence-electron chi connectivity index (χ2n) is 5.56. The highest BCUT2D eigenvalue weighted by Crippen LogP contribution is 2.42. The molecule has 18 heavy (non-hydrogen) atoms. The topological polar surface area (TPSA) is 39.1 Å². The molecular formula is C14H25N3O. The standard InChI is InChI=1S/C14H25N3O/c1-10-5-6-11(8-15-2)12(7-10)14-13(18-4)9-16-17(14)3/h9-12,15H,5-8H2,1-4H3. The first-order valence-corrected chi connectivity index (χ1v) is 6.87. The van der Waals surface area contributed by atoms with Gasteiger partial charge in [0.1, 0.15) is 0 Å². The van der Waals surface area contributed by atoms with Crippen molar-refractivity contribution in [3.63, 3.8) is 0 Å². The summed E-state index contributed by atoms with van der Waals surface area (Å²) in [6.45, 7) is 3.43. The zero-order valence-electron chi connectivity index (χ0n) is 11.9. The van der Waals surface area contributed by atoms with E-state index in [2.05, 4.69) is 17.3 Å². The third-order valence-electron chi connectivity index (χ3n) is 4.24. The second kappa shape index (κ2) is 5.74. The molecule has 102 valence electrons. The van der Waals surface area contributed by atoms with Gasteiger partial charge in [-0.2, -0.15) is 5.10 Å². The van der Waals surface area contributed by atoms with Crippen LogP contribution in [0.2, 0.25) is 0 Å². The third-order valence-corrected chi connectivity index (χ3v) is 4.24. The van der Waals surface area contributed by atoms with Gasteiger partial charge in [-0.3, -0.25) is 4.68 Å². The summed E-state index contributed by atoms with van der Waals surface area (Å²) in [6.07, 6.45) is 5.71. The lowest BCUT2D eigenvalue weighted by Crippen LogP contribution is -2.31. The Bertz CT molecular complexity index is 388. The van der Waals surface area contributed by atoms with Crippen LogP contribution < -0.4 is 10.1 Å². The highest BCUT2D eigenvalue weighted by Gasteiger charge is 2.33. The van der Waals surface area contributed by atoms with Crippen molar-refractivity contribution in [2.45, 2.75) is 32.1 Å². The summed E-state index contributed by atoms with van der Waals surface area (Å²) >= 11 is 0. The Balaban J connectivity index is 2.28. The number of aromatic nitrogens is 2. The van der Waals surface area contributed by atoms with Crippen LogP contribution in [-0.4, -0.2) is 30.5 Å². The van der Waals surface area contributed by atoms with Gasteiger partial charge in [0.15, 0.2) is 5.75 Å². The van der Waals surface area contributed by atoms with Gasteiger partial charge in [-0.25, -0.2) is 0 Å². The molecule has 0 radical (unpaired) electrons. The lowest BCUT2D eigenvalue weighted by Gasteiger charge is -2.35. The van der Waals surface area contributed by atoms with E-state index in [-0.39, 0.29) is 0 Å². The summed E-state index contributed by atoms with van der Waals surface area (Å²) in [6, 6.07) is 0. The lowest BCUT2D eigenvalue weighted by atomic mass is 9.73. The second-order valence-corrected chi connectivity index (χ2v) is 5.56. The van der Waals surface area contributed by atoms with Crippen LogP contribution >= 0.6 is 0 Å². The molecule has 0 aromatic carbocycles. The first kappa shape index (κ1) is 13.4. The Labute approximate surface area is 110 Å². The molecular weight excluding hydrogens is 226 g/mol. The molecule has 1 aromatic rings. The molecule has 1 aliphatic rings. The van der Waals surface area contributed by atoms with Crippen LogP contribution in [0.4, 0.5) is 0 Å². The van der Waals surface area contributed by atoms with Gasteiger partial charge in [0, 0.05) is 13.0 Å². The summed E-state index contributed by atoms with van der Waals surface area (Å²) in [7, 11) is 5.79. The van der Waals surface area contributed by atoms with Crippen molar-refractivity contribution in [1.29, 1.82) is 0 Å². The van der Waals surface area contributed by atoms with Gasteiger partial charge in [0.05, 0.1) is 19.0 Å². The molecule has 0 saturated heterocycles. The maximum Gasteiger partial charge on any atom is 0.160 e. The first-order chi connectivity index (χ1) is 8.67. The molecule has 0 aliphatic heterocycles. The quantitative estimate of drug-likeness (QED) is 0.891.